The van der Waals surface area contributed by atoms with Crippen LogP contribution in [0.2, 0.25) is 0 Å². The second kappa shape index (κ2) is 7.01. The molecule has 0 saturated heterocycles. The average Bonchev–Trinajstić information content (AvgIpc) is 2.60. The van der Waals surface area contributed by atoms with Gasteiger partial charge in [-0.05, 0) is 12.8 Å². The normalized spacial score (nSPS) is 11.1. The van der Waals surface area contributed by atoms with Gasteiger partial charge in [0.15, 0.2) is 0 Å². The highest BCUT2D eigenvalue weighted by Gasteiger charge is 2.12. The lowest BCUT2D eigenvalue weighted by molar-refractivity contribution is -0.136. The zero-order valence-corrected chi connectivity index (χ0v) is 12.2. The number of rotatable bonds is 7. The highest BCUT2D eigenvalue weighted by Crippen LogP contribution is 2.30. The van der Waals surface area contributed by atoms with Crippen molar-refractivity contribution in [2.45, 2.75) is 44.4 Å². The van der Waals surface area contributed by atoms with E-state index >= 15 is 0 Å². The maximum atomic E-state index is 10.7. The van der Waals surface area contributed by atoms with Gasteiger partial charge in [0.05, 0.1) is 12.1 Å². The molecule has 0 aromatic carbocycles. The summed E-state index contributed by atoms with van der Waals surface area (Å²) in [6.45, 7) is 6.30. The number of thioether (sulfide) groups is 1. The number of aryl methyl sites for hydroxylation is 1. The maximum absolute atomic E-state index is 10.7. The second-order valence-corrected chi connectivity index (χ2v) is 6.40. The van der Waals surface area contributed by atoms with Crippen LogP contribution < -0.4 is 0 Å². The molecule has 1 aromatic rings. The topological polar surface area (TPSA) is 50.2 Å². The molecule has 3 nitrogen and oxygen atoms in total. The summed E-state index contributed by atoms with van der Waals surface area (Å²) in [5.41, 5.74) is 0.865. The Balaban J connectivity index is 2.57. The van der Waals surface area contributed by atoms with Crippen molar-refractivity contribution in [3.8, 4) is 0 Å². The SMILES string of the molecule is CCC(CC)CSc1nc(C)c(CC(=O)O)s1. The fourth-order valence-corrected chi connectivity index (χ4v) is 4.05. The van der Waals surface area contributed by atoms with Gasteiger partial charge in [-0.3, -0.25) is 4.79 Å². The summed E-state index contributed by atoms with van der Waals surface area (Å²) in [6, 6.07) is 0. The van der Waals surface area contributed by atoms with E-state index in [1.165, 1.54) is 24.2 Å². The predicted octanol–water partition coefficient (Wildman–Crippen LogP) is 3.61. The molecule has 0 aliphatic rings. The smallest absolute Gasteiger partial charge is 0.308 e. The standard InChI is InChI=1S/C12H19NO2S2/c1-4-9(5-2)7-16-12-13-8(3)10(17-12)6-11(14)15/h9H,4-7H2,1-3H3,(H,14,15). The van der Waals surface area contributed by atoms with Gasteiger partial charge in [-0.25, -0.2) is 4.98 Å². The minimum Gasteiger partial charge on any atom is -0.481 e. The Bertz CT molecular complexity index is 373. The van der Waals surface area contributed by atoms with Crippen LogP contribution >= 0.6 is 23.1 Å². The maximum Gasteiger partial charge on any atom is 0.308 e. The van der Waals surface area contributed by atoms with Crippen molar-refractivity contribution >= 4 is 29.1 Å². The summed E-state index contributed by atoms with van der Waals surface area (Å²) in [7, 11) is 0. The summed E-state index contributed by atoms with van der Waals surface area (Å²) in [6.07, 6.45) is 2.47. The molecule has 17 heavy (non-hydrogen) atoms. The van der Waals surface area contributed by atoms with Crippen LogP contribution in [0.3, 0.4) is 0 Å². The van der Waals surface area contributed by atoms with Crippen LogP contribution in [-0.4, -0.2) is 21.8 Å². The Morgan fingerprint density at radius 1 is 1.47 bits per heavy atom. The van der Waals surface area contributed by atoms with Crippen LogP contribution in [0.15, 0.2) is 4.34 Å². The minimum atomic E-state index is -0.784. The van der Waals surface area contributed by atoms with Crippen LogP contribution in [0.1, 0.15) is 37.3 Å². The Labute approximate surface area is 111 Å². The van der Waals surface area contributed by atoms with Gasteiger partial charge in [0, 0.05) is 10.6 Å². The van der Waals surface area contributed by atoms with Gasteiger partial charge in [0.25, 0.3) is 0 Å². The molecule has 0 fully saturated rings. The molecule has 0 bridgehead atoms. The molecule has 0 spiro atoms. The lowest BCUT2D eigenvalue weighted by atomic mass is 10.1. The number of carboxylic acids is 1. The Morgan fingerprint density at radius 3 is 2.65 bits per heavy atom. The number of aromatic nitrogens is 1. The average molecular weight is 273 g/mol. The van der Waals surface area contributed by atoms with E-state index in [1.54, 1.807) is 11.8 Å². The van der Waals surface area contributed by atoms with Gasteiger partial charge >= 0.3 is 5.97 Å². The van der Waals surface area contributed by atoms with Gasteiger partial charge in [-0.1, -0.05) is 38.5 Å². The van der Waals surface area contributed by atoms with Crippen molar-refractivity contribution in [3.63, 3.8) is 0 Å². The molecule has 0 aliphatic heterocycles. The van der Waals surface area contributed by atoms with E-state index in [-0.39, 0.29) is 6.42 Å². The number of carboxylic acid groups (broad SMARTS) is 1. The first kappa shape index (κ1) is 14.5. The quantitative estimate of drug-likeness (QED) is 0.771. The third-order valence-electron chi connectivity index (χ3n) is 2.78. The summed E-state index contributed by atoms with van der Waals surface area (Å²) < 4.78 is 1.01. The molecule has 0 radical (unpaired) electrons. The molecule has 0 saturated carbocycles. The van der Waals surface area contributed by atoms with Crippen molar-refractivity contribution < 1.29 is 9.90 Å². The van der Waals surface area contributed by atoms with Crippen molar-refractivity contribution in [1.82, 2.24) is 4.98 Å². The van der Waals surface area contributed by atoms with Gasteiger partial charge in [0.1, 0.15) is 4.34 Å². The molecular formula is C12H19NO2S2. The van der Waals surface area contributed by atoms with E-state index < -0.39 is 5.97 Å². The second-order valence-electron chi connectivity index (χ2n) is 4.05. The molecule has 1 heterocycles. The Morgan fingerprint density at radius 2 is 2.12 bits per heavy atom. The van der Waals surface area contributed by atoms with Crippen LogP contribution in [0.5, 0.6) is 0 Å². The number of thiazole rings is 1. The first-order valence-corrected chi connectivity index (χ1v) is 7.67. The highest BCUT2D eigenvalue weighted by molar-refractivity contribution is 8.01. The van der Waals surface area contributed by atoms with E-state index in [9.17, 15) is 4.79 Å². The summed E-state index contributed by atoms with van der Waals surface area (Å²) in [5, 5.41) is 8.77. The third-order valence-corrected chi connectivity index (χ3v) is 5.31. The first-order valence-electron chi connectivity index (χ1n) is 5.87. The summed E-state index contributed by atoms with van der Waals surface area (Å²) >= 11 is 3.28. The van der Waals surface area contributed by atoms with Crippen molar-refractivity contribution in [2.24, 2.45) is 5.92 Å². The molecule has 1 aromatic heterocycles. The molecule has 96 valence electrons. The monoisotopic (exact) mass is 273 g/mol. The lowest BCUT2D eigenvalue weighted by Crippen LogP contribution is -1.99. The first-order chi connectivity index (χ1) is 8.06. The molecule has 5 heteroatoms. The highest BCUT2D eigenvalue weighted by atomic mass is 32.2. The fourth-order valence-electron chi connectivity index (χ4n) is 1.48. The van der Waals surface area contributed by atoms with E-state index in [1.807, 2.05) is 6.92 Å². The van der Waals surface area contributed by atoms with Crippen molar-refractivity contribution in [3.05, 3.63) is 10.6 Å². The van der Waals surface area contributed by atoms with Gasteiger partial charge < -0.3 is 5.11 Å². The molecule has 0 amide bonds. The molecule has 0 unspecified atom stereocenters. The van der Waals surface area contributed by atoms with E-state index in [2.05, 4.69) is 18.8 Å². The van der Waals surface area contributed by atoms with E-state index in [0.717, 1.165) is 26.6 Å². The predicted molar refractivity (Wildman–Crippen MR) is 73.0 cm³/mol. The zero-order valence-electron chi connectivity index (χ0n) is 10.5. The van der Waals surface area contributed by atoms with Crippen molar-refractivity contribution in [1.29, 1.82) is 0 Å². The van der Waals surface area contributed by atoms with Gasteiger partial charge in [-0.15, -0.1) is 11.3 Å². The van der Waals surface area contributed by atoms with Crippen LogP contribution in [-0.2, 0) is 11.2 Å². The number of nitrogens with zero attached hydrogens (tertiary/aromatic N) is 1. The molecule has 0 aliphatic carbocycles. The number of aliphatic carboxylic acids is 1. The van der Waals surface area contributed by atoms with Crippen LogP contribution in [0.4, 0.5) is 0 Å². The molecule has 0 atom stereocenters. The number of hydrogen-bond donors (Lipinski definition) is 1. The van der Waals surface area contributed by atoms with Gasteiger partial charge in [0.2, 0.25) is 0 Å². The number of carbonyl (C=O) groups is 1. The fraction of sp³-hybridized carbons (Fsp3) is 0.667. The summed E-state index contributed by atoms with van der Waals surface area (Å²) in [4.78, 5) is 16.0. The summed E-state index contributed by atoms with van der Waals surface area (Å²) in [5.74, 6) is 1.02. The zero-order chi connectivity index (χ0) is 12.8. The Kier molecular flexibility index (Phi) is 5.98. The molecule has 1 N–H and O–H groups in total. The van der Waals surface area contributed by atoms with E-state index in [4.69, 9.17) is 5.11 Å². The third kappa shape index (κ3) is 4.68. The number of hydrogen-bond acceptors (Lipinski definition) is 4. The minimum absolute atomic E-state index is 0.0923. The Hall–Kier alpha value is -0.550. The van der Waals surface area contributed by atoms with Crippen molar-refractivity contribution in [2.75, 3.05) is 5.75 Å². The molecular weight excluding hydrogens is 254 g/mol. The van der Waals surface area contributed by atoms with Crippen LogP contribution in [0.25, 0.3) is 0 Å². The van der Waals surface area contributed by atoms with Gasteiger partial charge in [-0.2, -0.15) is 0 Å². The lowest BCUT2D eigenvalue weighted by Gasteiger charge is -2.09. The van der Waals surface area contributed by atoms with Crippen LogP contribution in [0, 0.1) is 12.8 Å². The largest absolute Gasteiger partial charge is 0.481 e. The molecule has 1 rings (SSSR count). The van der Waals surface area contributed by atoms with E-state index in [0.29, 0.717) is 0 Å².